The second kappa shape index (κ2) is 10.7. The number of non-ortho nitro benzene ring substituents is 1. The number of nitro benzene ring substituents is 1. The molecular weight excluding hydrogens is 541 g/mol. The number of halogens is 2. The van der Waals surface area contributed by atoms with E-state index in [0.717, 1.165) is 11.8 Å². The number of carbonyl (C=O) groups is 1. The summed E-state index contributed by atoms with van der Waals surface area (Å²) >= 11 is 4.65. The summed E-state index contributed by atoms with van der Waals surface area (Å²) in [5.74, 6) is 0.172. The first-order chi connectivity index (χ1) is 16.8. The van der Waals surface area contributed by atoms with Crippen LogP contribution < -0.4 is 14.8 Å². The van der Waals surface area contributed by atoms with Gasteiger partial charge in [0.25, 0.3) is 11.6 Å². The molecule has 0 saturated carbocycles. The average Bonchev–Trinajstić information content (AvgIpc) is 3.19. The fraction of sp³-hybridized carbons (Fsp3) is 0.0833. The summed E-state index contributed by atoms with van der Waals surface area (Å²) in [4.78, 5) is 27.7. The zero-order chi connectivity index (χ0) is 24.9. The third-order valence-electron chi connectivity index (χ3n) is 4.79. The molecule has 0 radical (unpaired) electrons. The van der Waals surface area contributed by atoms with Crippen LogP contribution in [0.25, 0.3) is 6.08 Å². The van der Waals surface area contributed by atoms with E-state index in [1.54, 1.807) is 30.3 Å². The van der Waals surface area contributed by atoms with Gasteiger partial charge < -0.3 is 14.8 Å². The van der Waals surface area contributed by atoms with E-state index in [4.69, 9.17) is 9.47 Å². The number of nitro groups is 1. The van der Waals surface area contributed by atoms with E-state index in [2.05, 4.69) is 26.2 Å². The number of hydrogen-bond donors (Lipinski definition) is 1. The molecule has 35 heavy (non-hydrogen) atoms. The summed E-state index contributed by atoms with van der Waals surface area (Å²) in [6, 6.07) is 15.2. The number of thioether (sulfide) groups is 1. The van der Waals surface area contributed by atoms with Crippen LogP contribution in [0.2, 0.25) is 0 Å². The number of hydrogen-bond acceptors (Lipinski definition) is 7. The summed E-state index contributed by atoms with van der Waals surface area (Å²) in [7, 11) is 1.49. The first-order valence-corrected chi connectivity index (χ1v) is 11.7. The minimum Gasteiger partial charge on any atom is -0.493 e. The molecule has 3 aromatic rings. The quantitative estimate of drug-likeness (QED) is 0.218. The number of nitrogens with zero attached hydrogens (tertiary/aromatic N) is 2. The van der Waals surface area contributed by atoms with Gasteiger partial charge in [-0.2, -0.15) is 0 Å². The normalized spacial score (nSPS) is 15.3. The summed E-state index contributed by atoms with van der Waals surface area (Å²) < 4.78 is 25.0. The Bertz CT molecular complexity index is 1360. The molecule has 1 aliphatic rings. The zero-order valence-corrected chi connectivity index (χ0v) is 20.6. The Morgan fingerprint density at radius 1 is 1.17 bits per heavy atom. The molecule has 4 rings (SSSR count). The maximum Gasteiger partial charge on any atom is 0.269 e. The predicted octanol–water partition coefficient (Wildman–Crippen LogP) is 5.98. The molecule has 178 valence electrons. The Morgan fingerprint density at radius 2 is 1.94 bits per heavy atom. The van der Waals surface area contributed by atoms with Crippen molar-refractivity contribution in [1.82, 2.24) is 5.32 Å². The lowest BCUT2D eigenvalue weighted by atomic mass is 10.1. The van der Waals surface area contributed by atoms with Gasteiger partial charge in [-0.05, 0) is 65.4 Å². The van der Waals surface area contributed by atoms with Gasteiger partial charge in [0.15, 0.2) is 16.7 Å². The summed E-state index contributed by atoms with van der Waals surface area (Å²) in [6.07, 6.45) is 1.68. The van der Waals surface area contributed by atoms with Crippen molar-refractivity contribution < 1.29 is 23.6 Å². The molecule has 0 spiro atoms. The summed E-state index contributed by atoms with van der Waals surface area (Å²) in [6.45, 7) is 0.104. The Kier molecular flexibility index (Phi) is 7.47. The van der Waals surface area contributed by atoms with Crippen LogP contribution in [0.4, 0.5) is 15.8 Å². The number of carbonyl (C=O) groups excluding carboxylic acids is 1. The van der Waals surface area contributed by atoms with Crippen LogP contribution in [0.5, 0.6) is 11.5 Å². The summed E-state index contributed by atoms with van der Waals surface area (Å²) in [5, 5.41) is 14.1. The van der Waals surface area contributed by atoms with E-state index in [1.165, 1.54) is 43.5 Å². The van der Waals surface area contributed by atoms with E-state index in [0.29, 0.717) is 42.9 Å². The second-order valence-electron chi connectivity index (χ2n) is 7.20. The van der Waals surface area contributed by atoms with Crippen molar-refractivity contribution in [3.63, 3.8) is 0 Å². The lowest BCUT2D eigenvalue weighted by molar-refractivity contribution is -0.384. The molecule has 1 saturated heterocycles. The Morgan fingerprint density at radius 3 is 2.66 bits per heavy atom. The number of amides is 1. The maximum atomic E-state index is 13.1. The first-order valence-electron chi connectivity index (χ1n) is 10.1. The van der Waals surface area contributed by atoms with Crippen molar-refractivity contribution in [3.05, 3.63) is 97.1 Å². The molecule has 1 heterocycles. The monoisotopic (exact) mass is 557 g/mol. The van der Waals surface area contributed by atoms with Gasteiger partial charge in [0, 0.05) is 16.6 Å². The van der Waals surface area contributed by atoms with E-state index < -0.39 is 4.92 Å². The van der Waals surface area contributed by atoms with Gasteiger partial charge in [-0.15, -0.1) is 0 Å². The molecule has 1 amide bonds. The van der Waals surface area contributed by atoms with Crippen LogP contribution in [-0.2, 0) is 11.4 Å². The van der Waals surface area contributed by atoms with Crippen LogP contribution in [0.1, 0.15) is 11.1 Å². The van der Waals surface area contributed by atoms with Gasteiger partial charge in [-0.1, -0.05) is 28.1 Å². The molecule has 1 N–H and O–H groups in total. The van der Waals surface area contributed by atoms with Gasteiger partial charge >= 0.3 is 0 Å². The van der Waals surface area contributed by atoms with Gasteiger partial charge in [0.1, 0.15) is 12.4 Å². The number of ether oxygens (including phenoxy) is 2. The molecule has 8 nitrogen and oxygen atoms in total. The third kappa shape index (κ3) is 6.06. The van der Waals surface area contributed by atoms with Crippen molar-refractivity contribution in [2.45, 2.75) is 6.61 Å². The van der Waals surface area contributed by atoms with Gasteiger partial charge in [0.05, 0.1) is 22.6 Å². The Hall–Kier alpha value is -3.70. The van der Waals surface area contributed by atoms with E-state index in [-0.39, 0.29) is 24.0 Å². The molecule has 3 aromatic carbocycles. The van der Waals surface area contributed by atoms with Gasteiger partial charge in [0.2, 0.25) is 0 Å². The lowest BCUT2D eigenvalue weighted by Crippen LogP contribution is -2.19. The van der Waals surface area contributed by atoms with Crippen LogP contribution in [-0.4, -0.2) is 23.1 Å². The molecule has 11 heteroatoms. The smallest absolute Gasteiger partial charge is 0.269 e. The number of benzene rings is 3. The van der Waals surface area contributed by atoms with E-state index >= 15 is 0 Å². The third-order valence-corrected chi connectivity index (χ3v) is 6.39. The predicted molar refractivity (Wildman–Crippen MR) is 135 cm³/mol. The molecule has 1 aliphatic heterocycles. The first kappa shape index (κ1) is 24.4. The maximum absolute atomic E-state index is 13.1. The molecule has 0 aliphatic carbocycles. The fourth-order valence-electron chi connectivity index (χ4n) is 3.11. The number of aliphatic imine (C=N–C) groups is 1. The number of rotatable bonds is 7. The molecule has 0 unspecified atom stereocenters. The standard InChI is InChI=1S/C24H17BrFN3O5S/c1-33-20-10-15(11-22-23(30)28-24(35-22)27-17-7-5-16(26)6-8-17)19(25)12-21(20)34-13-14-3-2-4-18(9-14)29(31)32/h2-12H,13H2,1H3,(H,27,28,30)/b22-11+. The van der Waals surface area contributed by atoms with Crippen molar-refractivity contribution in [2.75, 3.05) is 7.11 Å². The number of amidine groups is 1. The van der Waals surface area contributed by atoms with E-state index in [1.807, 2.05) is 0 Å². The van der Waals surface area contributed by atoms with Crippen molar-refractivity contribution in [2.24, 2.45) is 4.99 Å². The Balaban J connectivity index is 1.52. The Labute approximate surface area is 212 Å². The van der Waals surface area contributed by atoms with Gasteiger partial charge in [-0.3, -0.25) is 14.9 Å². The largest absolute Gasteiger partial charge is 0.493 e. The molecule has 0 bridgehead atoms. The zero-order valence-electron chi connectivity index (χ0n) is 18.2. The minimum absolute atomic E-state index is 0.0177. The topological polar surface area (TPSA) is 103 Å². The van der Waals surface area contributed by atoms with Crippen molar-refractivity contribution in [3.8, 4) is 11.5 Å². The SMILES string of the molecule is COc1cc(/C=C2/SC(=Nc3ccc(F)cc3)NC2=O)c(Br)cc1OCc1cccc([N+](=O)[O-])c1. The van der Waals surface area contributed by atoms with Crippen LogP contribution in [0.15, 0.2) is 75.0 Å². The highest BCUT2D eigenvalue weighted by atomic mass is 79.9. The average molecular weight is 558 g/mol. The fourth-order valence-corrected chi connectivity index (χ4v) is 4.38. The van der Waals surface area contributed by atoms with Crippen LogP contribution >= 0.6 is 27.7 Å². The second-order valence-corrected chi connectivity index (χ2v) is 9.08. The molecule has 0 atom stereocenters. The summed E-state index contributed by atoms with van der Waals surface area (Å²) in [5.41, 5.74) is 1.81. The van der Waals surface area contributed by atoms with Crippen molar-refractivity contribution in [1.29, 1.82) is 0 Å². The minimum atomic E-state index is -0.462. The molecule has 0 aromatic heterocycles. The number of nitrogens with one attached hydrogen (secondary N) is 1. The molecule has 1 fully saturated rings. The number of methoxy groups -OCH3 is 1. The lowest BCUT2D eigenvalue weighted by Gasteiger charge is -2.13. The van der Waals surface area contributed by atoms with E-state index in [9.17, 15) is 19.3 Å². The highest BCUT2D eigenvalue weighted by Gasteiger charge is 2.24. The molecular formula is C24H17BrFN3O5S. The van der Waals surface area contributed by atoms with Crippen LogP contribution in [0.3, 0.4) is 0 Å². The van der Waals surface area contributed by atoms with Crippen molar-refractivity contribution >= 4 is 56.2 Å². The highest BCUT2D eigenvalue weighted by molar-refractivity contribution is 9.10. The van der Waals surface area contributed by atoms with Crippen LogP contribution in [0, 0.1) is 15.9 Å². The highest BCUT2D eigenvalue weighted by Crippen LogP contribution is 2.37. The van der Waals surface area contributed by atoms with Gasteiger partial charge in [-0.25, -0.2) is 9.38 Å².